The second kappa shape index (κ2) is 9.59. The van der Waals surface area contributed by atoms with Gasteiger partial charge in [0, 0.05) is 12.1 Å². The third-order valence-electron chi connectivity index (χ3n) is 4.30. The van der Waals surface area contributed by atoms with Crippen molar-refractivity contribution in [1.82, 2.24) is 10.2 Å². The van der Waals surface area contributed by atoms with Crippen molar-refractivity contribution in [3.8, 4) is 0 Å². The zero-order valence-corrected chi connectivity index (χ0v) is 18.4. The number of amides is 2. The van der Waals surface area contributed by atoms with Crippen LogP contribution >= 0.6 is 23.2 Å². The Balaban J connectivity index is 2.30. The number of rotatable bonds is 6. The number of carbonyl (C=O) groups is 2. The van der Waals surface area contributed by atoms with E-state index in [0.717, 1.165) is 5.56 Å². The molecule has 0 saturated carbocycles. The summed E-state index contributed by atoms with van der Waals surface area (Å²) in [4.78, 5) is 27.2. The highest BCUT2D eigenvalue weighted by Crippen LogP contribution is 2.24. The molecule has 0 fully saturated rings. The van der Waals surface area contributed by atoms with Crippen LogP contribution in [0.25, 0.3) is 0 Å². The van der Waals surface area contributed by atoms with Gasteiger partial charge in [0.2, 0.25) is 11.8 Å². The molecule has 1 atom stereocenters. The van der Waals surface area contributed by atoms with E-state index in [2.05, 4.69) is 5.32 Å². The summed E-state index contributed by atoms with van der Waals surface area (Å²) in [5.41, 5.74) is 0.548. The standard InChI is InChI=1S/C22H25Cl2FN2O2/c1-14(21(29)26-22(2,3)4)27(13-15-9-10-17(23)18(24)11-15)20(28)12-16-7-5-6-8-19(16)25/h5-11,14H,12-13H2,1-4H3,(H,26,29)/t14-/m0/s1. The van der Waals surface area contributed by atoms with Crippen LogP contribution in [0.4, 0.5) is 4.39 Å². The number of hydrogen-bond donors (Lipinski definition) is 1. The predicted octanol–water partition coefficient (Wildman–Crippen LogP) is 5.01. The van der Waals surface area contributed by atoms with Crippen molar-refractivity contribution < 1.29 is 14.0 Å². The molecule has 1 N–H and O–H groups in total. The Morgan fingerprint density at radius 2 is 1.76 bits per heavy atom. The molecule has 0 aliphatic rings. The lowest BCUT2D eigenvalue weighted by Crippen LogP contribution is -2.52. The Morgan fingerprint density at radius 1 is 1.10 bits per heavy atom. The van der Waals surface area contributed by atoms with Gasteiger partial charge in [0.05, 0.1) is 16.5 Å². The summed E-state index contributed by atoms with van der Waals surface area (Å²) >= 11 is 12.1. The van der Waals surface area contributed by atoms with Crippen molar-refractivity contribution in [2.24, 2.45) is 0 Å². The Morgan fingerprint density at radius 3 is 2.34 bits per heavy atom. The summed E-state index contributed by atoms with van der Waals surface area (Å²) in [5, 5.41) is 3.64. The van der Waals surface area contributed by atoms with E-state index in [9.17, 15) is 14.0 Å². The quantitative estimate of drug-likeness (QED) is 0.688. The van der Waals surface area contributed by atoms with E-state index >= 15 is 0 Å². The molecule has 2 aromatic carbocycles. The van der Waals surface area contributed by atoms with Crippen LogP contribution in [0.5, 0.6) is 0 Å². The van der Waals surface area contributed by atoms with Crippen molar-refractivity contribution in [1.29, 1.82) is 0 Å². The van der Waals surface area contributed by atoms with Crippen molar-refractivity contribution >= 4 is 35.0 Å². The second-order valence-electron chi connectivity index (χ2n) is 7.95. The predicted molar refractivity (Wildman–Crippen MR) is 114 cm³/mol. The van der Waals surface area contributed by atoms with Crippen LogP contribution in [-0.2, 0) is 22.6 Å². The van der Waals surface area contributed by atoms with Crippen molar-refractivity contribution in [3.05, 3.63) is 69.5 Å². The Hall–Kier alpha value is -2.11. The lowest BCUT2D eigenvalue weighted by atomic mass is 10.1. The van der Waals surface area contributed by atoms with Gasteiger partial charge >= 0.3 is 0 Å². The van der Waals surface area contributed by atoms with Gasteiger partial charge in [0.25, 0.3) is 0 Å². The molecule has 156 valence electrons. The first-order valence-corrected chi connectivity index (χ1v) is 10.0. The van der Waals surface area contributed by atoms with Crippen LogP contribution < -0.4 is 5.32 Å². The maximum absolute atomic E-state index is 14.0. The van der Waals surface area contributed by atoms with E-state index in [4.69, 9.17) is 23.2 Å². The van der Waals surface area contributed by atoms with Gasteiger partial charge < -0.3 is 10.2 Å². The molecule has 0 aliphatic heterocycles. The minimum Gasteiger partial charge on any atom is -0.350 e. The molecular weight excluding hydrogens is 414 g/mol. The SMILES string of the molecule is C[C@@H](C(=O)NC(C)(C)C)N(Cc1ccc(Cl)c(Cl)c1)C(=O)Cc1ccccc1F. The number of carbonyl (C=O) groups excluding carboxylic acids is 2. The Labute approximate surface area is 181 Å². The van der Waals surface area contributed by atoms with E-state index < -0.39 is 17.4 Å². The maximum Gasteiger partial charge on any atom is 0.242 e. The summed E-state index contributed by atoms with van der Waals surface area (Å²) in [5.74, 6) is -1.11. The van der Waals surface area contributed by atoms with E-state index in [1.807, 2.05) is 20.8 Å². The highest BCUT2D eigenvalue weighted by molar-refractivity contribution is 6.42. The van der Waals surface area contributed by atoms with E-state index in [-0.39, 0.29) is 30.3 Å². The van der Waals surface area contributed by atoms with E-state index in [1.54, 1.807) is 43.3 Å². The summed E-state index contributed by atoms with van der Waals surface area (Å²) in [7, 11) is 0. The molecule has 7 heteroatoms. The van der Waals surface area contributed by atoms with E-state index in [1.165, 1.54) is 11.0 Å². The lowest BCUT2D eigenvalue weighted by molar-refractivity contribution is -0.140. The van der Waals surface area contributed by atoms with Crippen LogP contribution in [0.15, 0.2) is 42.5 Å². The summed E-state index contributed by atoms with van der Waals surface area (Å²) in [6, 6.07) is 10.4. The fourth-order valence-corrected chi connectivity index (χ4v) is 3.12. The average Bonchev–Trinajstić information content (AvgIpc) is 2.62. The van der Waals surface area contributed by atoms with Crippen molar-refractivity contribution in [2.75, 3.05) is 0 Å². The maximum atomic E-state index is 14.0. The van der Waals surface area contributed by atoms with Crippen LogP contribution in [-0.4, -0.2) is 28.3 Å². The number of benzene rings is 2. The number of halogens is 3. The molecule has 0 spiro atoms. The minimum atomic E-state index is -0.761. The molecule has 0 aromatic heterocycles. The average molecular weight is 439 g/mol. The molecule has 0 aliphatic carbocycles. The molecular formula is C22H25Cl2FN2O2. The topological polar surface area (TPSA) is 49.4 Å². The van der Waals surface area contributed by atoms with Crippen LogP contribution in [0.2, 0.25) is 10.0 Å². The van der Waals surface area contributed by atoms with Gasteiger partial charge in [0.15, 0.2) is 0 Å². The zero-order chi connectivity index (χ0) is 21.8. The molecule has 2 amide bonds. The third kappa shape index (κ3) is 6.72. The van der Waals surface area contributed by atoms with Gasteiger partial charge in [-0.25, -0.2) is 4.39 Å². The van der Waals surface area contributed by atoms with Crippen LogP contribution in [0, 0.1) is 5.82 Å². The fraction of sp³-hybridized carbons (Fsp3) is 0.364. The molecule has 29 heavy (non-hydrogen) atoms. The molecule has 4 nitrogen and oxygen atoms in total. The van der Waals surface area contributed by atoms with E-state index in [0.29, 0.717) is 10.0 Å². The van der Waals surface area contributed by atoms with Gasteiger partial charge in [-0.05, 0) is 57.0 Å². The summed E-state index contributed by atoms with van der Waals surface area (Å²) in [6.07, 6.45) is -0.152. The van der Waals surface area contributed by atoms with Gasteiger partial charge in [-0.15, -0.1) is 0 Å². The summed E-state index contributed by atoms with van der Waals surface area (Å²) < 4.78 is 14.0. The molecule has 0 bridgehead atoms. The molecule has 2 rings (SSSR count). The highest BCUT2D eigenvalue weighted by Gasteiger charge is 2.29. The number of nitrogens with one attached hydrogen (secondary N) is 1. The van der Waals surface area contributed by atoms with Gasteiger partial charge in [-0.1, -0.05) is 47.5 Å². The highest BCUT2D eigenvalue weighted by atomic mass is 35.5. The fourth-order valence-electron chi connectivity index (χ4n) is 2.80. The lowest BCUT2D eigenvalue weighted by Gasteiger charge is -2.31. The second-order valence-corrected chi connectivity index (χ2v) is 8.77. The van der Waals surface area contributed by atoms with Gasteiger partial charge in [-0.2, -0.15) is 0 Å². The first-order valence-electron chi connectivity index (χ1n) is 9.27. The van der Waals surface area contributed by atoms with Gasteiger partial charge in [0.1, 0.15) is 11.9 Å². The number of nitrogens with zero attached hydrogens (tertiary/aromatic N) is 1. The first kappa shape index (κ1) is 23.2. The minimum absolute atomic E-state index is 0.142. The van der Waals surface area contributed by atoms with Gasteiger partial charge in [-0.3, -0.25) is 9.59 Å². The first-order chi connectivity index (χ1) is 13.5. The smallest absolute Gasteiger partial charge is 0.242 e. The Bertz CT molecular complexity index is 897. The monoisotopic (exact) mass is 438 g/mol. The molecule has 0 heterocycles. The normalized spacial score (nSPS) is 12.4. The summed E-state index contributed by atoms with van der Waals surface area (Å²) in [6.45, 7) is 7.38. The Kier molecular flexibility index (Phi) is 7.66. The third-order valence-corrected chi connectivity index (χ3v) is 5.04. The van der Waals surface area contributed by atoms with Crippen LogP contribution in [0.3, 0.4) is 0 Å². The molecule has 0 unspecified atom stereocenters. The van der Waals surface area contributed by atoms with Crippen molar-refractivity contribution in [2.45, 2.75) is 52.2 Å². The molecule has 2 aromatic rings. The zero-order valence-electron chi connectivity index (χ0n) is 16.9. The largest absolute Gasteiger partial charge is 0.350 e. The van der Waals surface area contributed by atoms with Crippen LogP contribution in [0.1, 0.15) is 38.8 Å². The van der Waals surface area contributed by atoms with Crippen molar-refractivity contribution in [3.63, 3.8) is 0 Å². The number of hydrogen-bond acceptors (Lipinski definition) is 2. The molecule has 0 radical (unpaired) electrons. The molecule has 0 saturated heterocycles.